The zero-order valence-electron chi connectivity index (χ0n) is 9.24. The lowest BCUT2D eigenvalue weighted by molar-refractivity contribution is -0.118. The van der Waals surface area contributed by atoms with Gasteiger partial charge in [-0.05, 0) is 37.6 Å². The molecule has 1 aliphatic rings. The Morgan fingerprint density at radius 1 is 1.44 bits per heavy atom. The fraction of sp³-hybridized carbons (Fsp3) is 0.308. The van der Waals surface area contributed by atoms with Crippen LogP contribution in [0.15, 0.2) is 30.3 Å². The summed E-state index contributed by atoms with van der Waals surface area (Å²) in [5.41, 5.74) is 0.142. The number of ether oxygens (including phenoxy) is 1. The smallest absolute Gasteiger partial charge is 0.189 e. The van der Waals surface area contributed by atoms with Crippen LogP contribution < -0.4 is 0 Å². The van der Waals surface area contributed by atoms with Crippen LogP contribution in [-0.2, 0) is 9.53 Å². The molecule has 84 valence electrons. The van der Waals surface area contributed by atoms with Crippen molar-refractivity contribution in [1.82, 2.24) is 0 Å². The van der Waals surface area contributed by atoms with E-state index in [4.69, 9.17) is 4.74 Å². The summed E-state index contributed by atoms with van der Waals surface area (Å²) in [5, 5.41) is 0. The van der Waals surface area contributed by atoms with Crippen LogP contribution in [0.4, 0.5) is 4.39 Å². The SMILES string of the molecule is C[C@H]1O[C@]1(C)C(=O)/C=C/c1ccc(F)cc1. The van der Waals surface area contributed by atoms with Gasteiger partial charge in [0.2, 0.25) is 0 Å². The number of carbonyl (C=O) groups is 1. The van der Waals surface area contributed by atoms with Crippen molar-refractivity contribution in [2.45, 2.75) is 25.6 Å². The third-order valence-corrected chi connectivity index (χ3v) is 2.93. The second kappa shape index (κ2) is 3.83. The summed E-state index contributed by atoms with van der Waals surface area (Å²) in [5.74, 6) is -0.334. The molecule has 3 heteroatoms. The van der Waals surface area contributed by atoms with E-state index in [9.17, 15) is 9.18 Å². The van der Waals surface area contributed by atoms with Crippen molar-refractivity contribution >= 4 is 11.9 Å². The molecule has 0 radical (unpaired) electrons. The van der Waals surface area contributed by atoms with Crippen molar-refractivity contribution in [1.29, 1.82) is 0 Å². The Hall–Kier alpha value is -1.48. The first-order valence-corrected chi connectivity index (χ1v) is 5.18. The monoisotopic (exact) mass is 220 g/mol. The van der Waals surface area contributed by atoms with Crippen molar-refractivity contribution in [3.05, 3.63) is 41.7 Å². The van der Waals surface area contributed by atoms with Crippen LogP contribution >= 0.6 is 0 Å². The Morgan fingerprint density at radius 2 is 2.00 bits per heavy atom. The topological polar surface area (TPSA) is 29.6 Å². The van der Waals surface area contributed by atoms with Gasteiger partial charge in [-0.25, -0.2) is 4.39 Å². The van der Waals surface area contributed by atoms with Gasteiger partial charge in [-0.3, -0.25) is 4.79 Å². The van der Waals surface area contributed by atoms with Crippen molar-refractivity contribution < 1.29 is 13.9 Å². The molecular formula is C13H13FO2. The molecule has 2 nitrogen and oxygen atoms in total. The lowest BCUT2D eigenvalue weighted by Crippen LogP contribution is -2.20. The maximum atomic E-state index is 12.6. The Bertz CT molecular complexity index is 436. The Morgan fingerprint density at radius 3 is 2.50 bits per heavy atom. The van der Waals surface area contributed by atoms with Gasteiger partial charge in [0.25, 0.3) is 0 Å². The summed E-state index contributed by atoms with van der Waals surface area (Å²) < 4.78 is 17.8. The third-order valence-electron chi connectivity index (χ3n) is 2.93. The molecule has 0 N–H and O–H groups in total. The molecule has 1 saturated heterocycles. The Balaban J connectivity index is 2.05. The summed E-state index contributed by atoms with van der Waals surface area (Å²) in [6, 6.07) is 5.97. The largest absolute Gasteiger partial charge is 0.358 e. The van der Waals surface area contributed by atoms with E-state index in [1.54, 1.807) is 25.1 Å². The number of epoxide rings is 1. The highest BCUT2D eigenvalue weighted by atomic mass is 19.1. The average molecular weight is 220 g/mol. The van der Waals surface area contributed by atoms with E-state index < -0.39 is 5.60 Å². The fourth-order valence-corrected chi connectivity index (χ4v) is 1.50. The quantitative estimate of drug-likeness (QED) is 0.578. The Kier molecular flexibility index (Phi) is 2.64. The van der Waals surface area contributed by atoms with Crippen LogP contribution in [-0.4, -0.2) is 17.5 Å². The molecule has 1 aromatic rings. The summed E-state index contributed by atoms with van der Waals surface area (Å²) in [7, 11) is 0. The summed E-state index contributed by atoms with van der Waals surface area (Å²) in [6.45, 7) is 3.64. The number of hydrogen-bond acceptors (Lipinski definition) is 2. The fourth-order valence-electron chi connectivity index (χ4n) is 1.50. The van der Waals surface area contributed by atoms with Crippen molar-refractivity contribution in [3.63, 3.8) is 0 Å². The number of ketones is 1. The molecule has 0 amide bonds. The van der Waals surface area contributed by atoms with Gasteiger partial charge in [0, 0.05) is 0 Å². The molecule has 1 heterocycles. The summed E-state index contributed by atoms with van der Waals surface area (Å²) >= 11 is 0. The van der Waals surface area contributed by atoms with Crippen LogP contribution in [0.25, 0.3) is 6.08 Å². The highest BCUT2D eigenvalue weighted by Gasteiger charge is 2.54. The molecule has 1 aliphatic heterocycles. The van der Waals surface area contributed by atoms with Crippen LogP contribution in [0.1, 0.15) is 19.4 Å². The highest BCUT2D eigenvalue weighted by molar-refractivity contribution is 6.01. The number of carbonyl (C=O) groups excluding carboxylic acids is 1. The predicted molar refractivity (Wildman–Crippen MR) is 59.4 cm³/mol. The number of benzene rings is 1. The standard InChI is InChI=1S/C13H13FO2/c1-9-13(2,16-9)12(15)8-5-10-3-6-11(14)7-4-10/h3-9H,1-2H3/b8-5+/t9-,13+/m1/s1. The second-order valence-electron chi connectivity index (χ2n) is 4.12. The van der Waals surface area contributed by atoms with Gasteiger partial charge in [-0.1, -0.05) is 18.2 Å². The van der Waals surface area contributed by atoms with Crippen LogP contribution in [0.5, 0.6) is 0 Å². The van der Waals surface area contributed by atoms with E-state index in [-0.39, 0.29) is 17.7 Å². The van der Waals surface area contributed by atoms with Gasteiger partial charge >= 0.3 is 0 Å². The molecule has 0 aliphatic carbocycles. The van der Waals surface area contributed by atoms with E-state index in [0.717, 1.165) is 5.56 Å². The minimum absolute atomic E-state index is 0.0159. The normalized spacial score (nSPS) is 28.3. The molecule has 0 unspecified atom stereocenters. The first kappa shape index (κ1) is 11.0. The molecule has 0 spiro atoms. The van der Waals surface area contributed by atoms with E-state index in [0.29, 0.717) is 0 Å². The minimum atomic E-state index is -0.656. The molecule has 1 aromatic carbocycles. The molecule has 2 rings (SSSR count). The maximum absolute atomic E-state index is 12.6. The van der Waals surface area contributed by atoms with Gasteiger partial charge in [0.15, 0.2) is 11.4 Å². The van der Waals surface area contributed by atoms with E-state index in [1.165, 1.54) is 18.2 Å². The van der Waals surface area contributed by atoms with E-state index in [1.807, 2.05) is 6.92 Å². The van der Waals surface area contributed by atoms with Gasteiger partial charge in [0.05, 0.1) is 6.10 Å². The van der Waals surface area contributed by atoms with E-state index in [2.05, 4.69) is 0 Å². The number of halogens is 1. The number of rotatable bonds is 3. The lowest BCUT2D eigenvalue weighted by atomic mass is 10.0. The van der Waals surface area contributed by atoms with Gasteiger partial charge < -0.3 is 4.74 Å². The van der Waals surface area contributed by atoms with Gasteiger partial charge in [-0.2, -0.15) is 0 Å². The second-order valence-corrected chi connectivity index (χ2v) is 4.12. The first-order chi connectivity index (χ1) is 7.52. The van der Waals surface area contributed by atoms with E-state index >= 15 is 0 Å². The molecule has 1 fully saturated rings. The molecular weight excluding hydrogens is 207 g/mol. The zero-order chi connectivity index (χ0) is 11.8. The van der Waals surface area contributed by atoms with Gasteiger partial charge in [0.1, 0.15) is 5.82 Å². The summed E-state index contributed by atoms with van der Waals surface area (Å²) in [4.78, 5) is 11.7. The Labute approximate surface area is 93.7 Å². The van der Waals surface area contributed by atoms with Crippen LogP contribution in [0.3, 0.4) is 0 Å². The average Bonchev–Trinajstić information content (AvgIpc) is 2.87. The molecule has 0 bridgehead atoms. The van der Waals surface area contributed by atoms with Crippen molar-refractivity contribution in [3.8, 4) is 0 Å². The van der Waals surface area contributed by atoms with Crippen molar-refractivity contribution in [2.75, 3.05) is 0 Å². The van der Waals surface area contributed by atoms with Gasteiger partial charge in [-0.15, -0.1) is 0 Å². The minimum Gasteiger partial charge on any atom is -0.358 e. The number of hydrogen-bond donors (Lipinski definition) is 0. The highest BCUT2D eigenvalue weighted by Crippen LogP contribution is 2.36. The predicted octanol–water partition coefficient (Wildman–Crippen LogP) is 2.59. The third kappa shape index (κ3) is 2.04. The first-order valence-electron chi connectivity index (χ1n) is 5.18. The van der Waals surface area contributed by atoms with Crippen LogP contribution in [0.2, 0.25) is 0 Å². The summed E-state index contributed by atoms with van der Waals surface area (Å²) in [6.07, 6.45) is 3.14. The molecule has 0 saturated carbocycles. The molecule has 0 aromatic heterocycles. The molecule has 16 heavy (non-hydrogen) atoms. The lowest BCUT2D eigenvalue weighted by Gasteiger charge is -1.98. The zero-order valence-corrected chi connectivity index (χ0v) is 9.24. The molecule has 2 atom stereocenters. The maximum Gasteiger partial charge on any atom is 0.189 e. The van der Waals surface area contributed by atoms with Crippen molar-refractivity contribution in [2.24, 2.45) is 0 Å². The van der Waals surface area contributed by atoms with Crippen LogP contribution in [0, 0.1) is 5.82 Å².